The predicted molar refractivity (Wildman–Crippen MR) is 95.0 cm³/mol. The molecule has 1 aromatic carbocycles. The molecule has 24 heavy (non-hydrogen) atoms. The van der Waals surface area contributed by atoms with E-state index in [0.29, 0.717) is 16.6 Å². The minimum Gasteiger partial charge on any atom is -0.336 e. The zero-order chi connectivity index (χ0) is 17.2. The van der Waals surface area contributed by atoms with Crippen LogP contribution in [0.2, 0.25) is 5.02 Å². The van der Waals surface area contributed by atoms with Crippen LogP contribution in [-0.4, -0.2) is 43.4 Å². The van der Waals surface area contributed by atoms with Gasteiger partial charge in [0.05, 0.1) is 12.0 Å². The highest BCUT2D eigenvalue weighted by Gasteiger charge is 2.50. The van der Waals surface area contributed by atoms with E-state index in [9.17, 15) is 9.59 Å². The summed E-state index contributed by atoms with van der Waals surface area (Å²) in [6.45, 7) is 1.70. The number of carbonyl (C=O) groups excluding carboxylic acids is 2. The van der Waals surface area contributed by atoms with Crippen LogP contribution < -0.4 is 10.6 Å². The molecule has 2 N–H and O–H groups in total. The van der Waals surface area contributed by atoms with Gasteiger partial charge >= 0.3 is 0 Å². The van der Waals surface area contributed by atoms with Gasteiger partial charge in [0.15, 0.2) is 0 Å². The Morgan fingerprint density at radius 2 is 2.25 bits per heavy atom. The van der Waals surface area contributed by atoms with Crippen LogP contribution in [0, 0.1) is 11.3 Å². The van der Waals surface area contributed by atoms with E-state index in [1.807, 2.05) is 0 Å². The average Bonchev–Trinajstić information content (AvgIpc) is 2.99. The Labute approximate surface area is 147 Å². The van der Waals surface area contributed by atoms with Crippen LogP contribution in [0.4, 0.5) is 5.69 Å². The van der Waals surface area contributed by atoms with Gasteiger partial charge in [0.2, 0.25) is 11.8 Å². The molecule has 3 rings (SSSR count). The lowest BCUT2D eigenvalue weighted by atomic mass is 9.67. The Hall–Kier alpha value is -1.59. The van der Waals surface area contributed by atoms with Crippen LogP contribution in [0.5, 0.6) is 0 Å². The second-order valence-corrected chi connectivity index (χ2v) is 7.39. The summed E-state index contributed by atoms with van der Waals surface area (Å²) >= 11 is 5.92. The number of hydrogen-bond acceptors (Lipinski definition) is 3. The number of carbonyl (C=O) groups is 2. The van der Waals surface area contributed by atoms with Gasteiger partial charge in [0, 0.05) is 24.3 Å². The van der Waals surface area contributed by atoms with Gasteiger partial charge in [-0.05, 0) is 43.5 Å². The fraction of sp³-hybridized carbons (Fsp3) is 0.556. The van der Waals surface area contributed by atoms with Crippen molar-refractivity contribution in [2.24, 2.45) is 11.3 Å². The molecule has 0 bridgehead atoms. The molecule has 0 aromatic heterocycles. The molecule has 1 saturated heterocycles. The molecule has 2 fully saturated rings. The Morgan fingerprint density at radius 3 is 3.04 bits per heavy atom. The fourth-order valence-electron chi connectivity index (χ4n) is 4.10. The molecular weight excluding hydrogens is 326 g/mol. The zero-order valence-electron chi connectivity index (χ0n) is 14.0. The van der Waals surface area contributed by atoms with Crippen molar-refractivity contribution in [3.63, 3.8) is 0 Å². The van der Waals surface area contributed by atoms with Crippen molar-refractivity contribution >= 4 is 29.1 Å². The highest BCUT2D eigenvalue weighted by atomic mass is 35.5. The van der Waals surface area contributed by atoms with Gasteiger partial charge < -0.3 is 15.5 Å². The summed E-state index contributed by atoms with van der Waals surface area (Å²) in [5.41, 5.74) is 0.327. The third kappa shape index (κ3) is 3.42. The van der Waals surface area contributed by atoms with E-state index in [1.54, 1.807) is 36.2 Å². The molecule has 0 unspecified atom stereocenters. The molecule has 0 radical (unpaired) electrons. The zero-order valence-corrected chi connectivity index (χ0v) is 14.7. The minimum atomic E-state index is -0.316. The topological polar surface area (TPSA) is 61.4 Å². The second-order valence-electron chi connectivity index (χ2n) is 6.95. The molecule has 1 saturated carbocycles. The maximum atomic E-state index is 13.0. The van der Waals surface area contributed by atoms with Crippen molar-refractivity contribution in [3.8, 4) is 0 Å². The molecular formula is C18H24ClN3O2. The first kappa shape index (κ1) is 17.2. The number of halogens is 1. The number of rotatable bonds is 4. The van der Waals surface area contributed by atoms with Crippen LogP contribution in [-0.2, 0) is 9.59 Å². The van der Waals surface area contributed by atoms with Crippen LogP contribution in [0.25, 0.3) is 0 Å². The highest BCUT2D eigenvalue weighted by molar-refractivity contribution is 6.30. The van der Waals surface area contributed by atoms with Crippen molar-refractivity contribution < 1.29 is 9.59 Å². The summed E-state index contributed by atoms with van der Waals surface area (Å²) in [6.07, 6.45) is 4.30. The molecule has 6 heteroatoms. The smallest absolute Gasteiger partial charge is 0.243 e. The quantitative estimate of drug-likeness (QED) is 0.878. The molecule has 2 atom stereocenters. The van der Waals surface area contributed by atoms with E-state index >= 15 is 0 Å². The molecule has 1 heterocycles. The van der Waals surface area contributed by atoms with Crippen LogP contribution in [0.15, 0.2) is 24.3 Å². The van der Waals surface area contributed by atoms with Crippen molar-refractivity contribution in [2.45, 2.75) is 25.7 Å². The first-order valence-electron chi connectivity index (χ1n) is 8.53. The van der Waals surface area contributed by atoms with Gasteiger partial charge in [-0.15, -0.1) is 0 Å². The van der Waals surface area contributed by atoms with Crippen molar-refractivity contribution in [1.82, 2.24) is 10.2 Å². The lowest BCUT2D eigenvalue weighted by Gasteiger charge is -2.39. The van der Waals surface area contributed by atoms with Crippen molar-refractivity contribution in [1.29, 1.82) is 0 Å². The largest absolute Gasteiger partial charge is 0.336 e. The molecule has 2 amide bonds. The first-order chi connectivity index (χ1) is 11.5. The predicted octanol–water partition coefficient (Wildman–Crippen LogP) is 2.52. The molecule has 1 aliphatic heterocycles. The van der Waals surface area contributed by atoms with E-state index in [0.717, 1.165) is 32.4 Å². The number of hydrogen-bond donors (Lipinski definition) is 2. The molecule has 1 aliphatic carbocycles. The van der Waals surface area contributed by atoms with Gasteiger partial charge in [-0.25, -0.2) is 0 Å². The first-order valence-corrected chi connectivity index (χ1v) is 8.91. The average molecular weight is 350 g/mol. The SMILES string of the molecule is CN(CC(=O)Nc1cccc(Cl)c1)C(=O)[C@@]12CCCC[C@H]1CNC2. The Kier molecular flexibility index (Phi) is 5.11. The summed E-state index contributed by atoms with van der Waals surface area (Å²) in [4.78, 5) is 26.9. The number of fused-ring (bicyclic) bond motifs is 1. The maximum absolute atomic E-state index is 13.0. The number of amides is 2. The lowest BCUT2D eigenvalue weighted by Crippen LogP contribution is -2.50. The normalized spacial score (nSPS) is 25.8. The van der Waals surface area contributed by atoms with Gasteiger partial charge in [-0.1, -0.05) is 30.5 Å². The molecule has 130 valence electrons. The highest BCUT2D eigenvalue weighted by Crippen LogP contribution is 2.44. The van der Waals surface area contributed by atoms with Gasteiger partial charge in [0.25, 0.3) is 0 Å². The van der Waals surface area contributed by atoms with E-state index < -0.39 is 0 Å². The monoisotopic (exact) mass is 349 g/mol. The maximum Gasteiger partial charge on any atom is 0.243 e. The summed E-state index contributed by atoms with van der Waals surface area (Å²) in [5, 5.41) is 6.74. The second kappa shape index (κ2) is 7.11. The van der Waals surface area contributed by atoms with Gasteiger partial charge in [-0.3, -0.25) is 9.59 Å². The van der Waals surface area contributed by atoms with E-state index in [4.69, 9.17) is 11.6 Å². The van der Waals surface area contributed by atoms with E-state index in [2.05, 4.69) is 10.6 Å². The van der Waals surface area contributed by atoms with Crippen LogP contribution >= 0.6 is 11.6 Å². The number of likely N-dealkylation sites (N-methyl/N-ethyl adjacent to an activating group) is 1. The van der Waals surface area contributed by atoms with Crippen molar-refractivity contribution in [3.05, 3.63) is 29.3 Å². The minimum absolute atomic E-state index is 0.0554. The van der Waals surface area contributed by atoms with Gasteiger partial charge in [0.1, 0.15) is 0 Å². The number of nitrogens with zero attached hydrogens (tertiary/aromatic N) is 1. The summed E-state index contributed by atoms with van der Waals surface area (Å²) in [7, 11) is 1.72. The number of anilines is 1. The Balaban J connectivity index is 1.62. The summed E-state index contributed by atoms with van der Waals surface area (Å²) < 4.78 is 0. The number of nitrogens with one attached hydrogen (secondary N) is 2. The van der Waals surface area contributed by atoms with Gasteiger partial charge in [-0.2, -0.15) is 0 Å². The third-order valence-electron chi connectivity index (χ3n) is 5.30. The third-order valence-corrected chi connectivity index (χ3v) is 5.54. The number of benzene rings is 1. The van der Waals surface area contributed by atoms with Crippen LogP contribution in [0.3, 0.4) is 0 Å². The lowest BCUT2D eigenvalue weighted by molar-refractivity contribution is -0.145. The molecule has 2 aliphatic rings. The summed E-state index contributed by atoms with van der Waals surface area (Å²) in [6, 6.07) is 7.01. The molecule has 1 aromatic rings. The van der Waals surface area contributed by atoms with Crippen molar-refractivity contribution in [2.75, 3.05) is 32.0 Å². The Bertz CT molecular complexity index is 636. The standard InChI is InChI=1S/C18H24ClN3O2/c1-22(11-16(23)21-15-7-4-6-14(19)9-15)17(24)18-8-3-2-5-13(18)10-20-12-18/h4,6-7,9,13,20H,2-3,5,8,10-12H2,1H3,(H,21,23)/t13-,18+/m0/s1. The fourth-order valence-corrected chi connectivity index (χ4v) is 4.29. The molecule has 5 nitrogen and oxygen atoms in total. The van der Waals surface area contributed by atoms with Crippen LogP contribution in [0.1, 0.15) is 25.7 Å². The molecule has 0 spiro atoms. The van der Waals surface area contributed by atoms with E-state index in [1.165, 1.54) is 6.42 Å². The summed E-state index contributed by atoms with van der Waals surface area (Å²) in [5.74, 6) is 0.290. The Morgan fingerprint density at radius 1 is 1.42 bits per heavy atom. The van der Waals surface area contributed by atoms with E-state index in [-0.39, 0.29) is 23.8 Å².